The van der Waals surface area contributed by atoms with Crippen molar-refractivity contribution in [3.8, 4) is 17.2 Å². The molecule has 0 aliphatic heterocycles. The van der Waals surface area contributed by atoms with Gasteiger partial charge in [0.25, 0.3) is 0 Å². The van der Waals surface area contributed by atoms with Crippen LogP contribution in [0.3, 0.4) is 0 Å². The highest BCUT2D eigenvalue weighted by atomic mass is 19.4. The van der Waals surface area contributed by atoms with Gasteiger partial charge >= 0.3 is 6.36 Å². The summed E-state index contributed by atoms with van der Waals surface area (Å²) in [7, 11) is 0. The lowest BCUT2D eigenvalue weighted by Gasteiger charge is -2.08. The largest absolute Gasteiger partial charge is 0.573 e. The number of benzene rings is 1. The molecule has 0 bridgehead atoms. The van der Waals surface area contributed by atoms with Crippen LogP contribution in [0.4, 0.5) is 13.2 Å². The normalized spacial score (nSPS) is 11.4. The van der Waals surface area contributed by atoms with Gasteiger partial charge in [0.2, 0.25) is 5.89 Å². The zero-order valence-corrected chi connectivity index (χ0v) is 10.4. The van der Waals surface area contributed by atoms with Crippen LogP contribution in [0.25, 0.3) is 11.5 Å². The van der Waals surface area contributed by atoms with Crippen LogP contribution in [0, 0.1) is 0 Å². The van der Waals surface area contributed by atoms with E-state index in [0.717, 1.165) is 12.1 Å². The molecule has 0 radical (unpaired) electrons. The molecule has 0 atom stereocenters. The van der Waals surface area contributed by atoms with Gasteiger partial charge in [-0.15, -0.1) is 13.2 Å². The molecule has 1 aromatic carbocycles. The van der Waals surface area contributed by atoms with Gasteiger partial charge in [-0.1, -0.05) is 6.92 Å². The van der Waals surface area contributed by atoms with E-state index < -0.39 is 6.36 Å². The number of oxazole rings is 1. The summed E-state index contributed by atoms with van der Waals surface area (Å²) in [5, 5.41) is 0. The number of rotatable bonds is 4. The number of carbonyl (C=O) groups is 1. The Morgan fingerprint density at radius 3 is 2.40 bits per heavy atom. The fourth-order valence-corrected chi connectivity index (χ4v) is 1.63. The first-order chi connectivity index (χ1) is 9.43. The number of carbonyl (C=O) groups excluding carboxylic acids is 1. The molecule has 20 heavy (non-hydrogen) atoms. The van der Waals surface area contributed by atoms with E-state index in [4.69, 9.17) is 4.42 Å². The highest BCUT2D eigenvalue weighted by Crippen LogP contribution is 2.27. The monoisotopic (exact) mass is 285 g/mol. The molecule has 0 N–H and O–H groups in total. The Morgan fingerprint density at radius 1 is 1.30 bits per heavy atom. The molecule has 2 rings (SSSR count). The van der Waals surface area contributed by atoms with E-state index in [2.05, 4.69) is 9.72 Å². The van der Waals surface area contributed by atoms with E-state index in [1.807, 2.05) is 0 Å². The van der Waals surface area contributed by atoms with Crippen molar-refractivity contribution in [3.05, 3.63) is 35.7 Å². The van der Waals surface area contributed by atoms with E-state index in [-0.39, 0.29) is 17.3 Å². The number of aromatic nitrogens is 1. The van der Waals surface area contributed by atoms with Crippen molar-refractivity contribution in [3.63, 3.8) is 0 Å². The third-order valence-electron chi connectivity index (χ3n) is 2.50. The third kappa shape index (κ3) is 3.17. The van der Waals surface area contributed by atoms with E-state index in [1.165, 1.54) is 12.1 Å². The van der Waals surface area contributed by atoms with Crippen LogP contribution in [0.5, 0.6) is 5.75 Å². The van der Waals surface area contributed by atoms with Crippen LogP contribution in [0.1, 0.15) is 23.2 Å². The summed E-state index contributed by atoms with van der Waals surface area (Å²) in [6.07, 6.45) is -3.66. The molecule has 1 heterocycles. The maximum absolute atomic E-state index is 12.0. The second-order valence-electron chi connectivity index (χ2n) is 3.87. The molecular formula is C13H10F3NO3. The SMILES string of the molecule is CCc1oc(-c2ccc(OC(F)(F)F)cc2)nc1C=O. The van der Waals surface area contributed by atoms with Gasteiger partial charge in [-0.25, -0.2) is 4.98 Å². The third-order valence-corrected chi connectivity index (χ3v) is 2.50. The highest BCUT2D eigenvalue weighted by molar-refractivity contribution is 5.74. The number of aryl methyl sites for hydroxylation is 1. The second kappa shape index (κ2) is 5.36. The standard InChI is InChI=1S/C13H10F3NO3/c1-2-11-10(7-18)17-12(19-11)8-3-5-9(6-4-8)20-13(14,15)16/h3-7H,2H2,1H3. The number of halogens is 3. The summed E-state index contributed by atoms with van der Waals surface area (Å²) >= 11 is 0. The van der Waals surface area contributed by atoms with Gasteiger partial charge in [0.15, 0.2) is 6.29 Å². The van der Waals surface area contributed by atoms with E-state index >= 15 is 0 Å². The van der Waals surface area contributed by atoms with Crippen LogP contribution in [0.2, 0.25) is 0 Å². The van der Waals surface area contributed by atoms with Crippen molar-refractivity contribution in [2.45, 2.75) is 19.7 Å². The predicted octanol–water partition coefficient (Wildman–Crippen LogP) is 3.62. The van der Waals surface area contributed by atoms with Crippen molar-refractivity contribution >= 4 is 6.29 Å². The molecule has 1 aromatic heterocycles. The first-order valence-corrected chi connectivity index (χ1v) is 5.74. The molecule has 2 aromatic rings. The molecule has 0 spiro atoms. The smallest absolute Gasteiger partial charge is 0.440 e. The number of nitrogens with zero attached hydrogens (tertiary/aromatic N) is 1. The molecule has 7 heteroatoms. The molecule has 4 nitrogen and oxygen atoms in total. The molecular weight excluding hydrogens is 275 g/mol. The Kier molecular flexibility index (Phi) is 3.78. The molecule has 0 aliphatic rings. The summed E-state index contributed by atoms with van der Waals surface area (Å²) in [5.41, 5.74) is 0.653. The Labute approximate surface area is 112 Å². The topological polar surface area (TPSA) is 52.3 Å². The minimum atomic E-state index is -4.73. The van der Waals surface area contributed by atoms with Crippen LogP contribution in [0.15, 0.2) is 28.7 Å². The summed E-state index contributed by atoms with van der Waals surface area (Å²) in [6, 6.07) is 5.06. The van der Waals surface area contributed by atoms with Gasteiger partial charge in [0.05, 0.1) is 0 Å². The number of ether oxygens (including phenoxy) is 1. The van der Waals surface area contributed by atoms with Gasteiger partial charge in [-0.3, -0.25) is 4.79 Å². The molecule has 106 valence electrons. The maximum atomic E-state index is 12.0. The van der Waals surface area contributed by atoms with Crippen LogP contribution in [-0.4, -0.2) is 17.6 Å². The van der Waals surface area contributed by atoms with Gasteiger partial charge in [0.1, 0.15) is 17.2 Å². The van der Waals surface area contributed by atoms with E-state index in [9.17, 15) is 18.0 Å². The van der Waals surface area contributed by atoms with E-state index in [1.54, 1.807) is 6.92 Å². The predicted molar refractivity (Wildman–Crippen MR) is 63.4 cm³/mol. The molecule has 0 aliphatic carbocycles. The van der Waals surface area contributed by atoms with Gasteiger partial charge < -0.3 is 9.15 Å². The number of aldehydes is 1. The van der Waals surface area contributed by atoms with Crippen LogP contribution < -0.4 is 4.74 Å². The zero-order chi connectivity index (χ0) is 14.8. The van der Waals surface area contributed by atoms with Crippen molar-refractivity contribution in [1.82, 2.24) is 4.98 Å². The maximum Gasteiger partial charge on any atom is 0.573 e. The quantitative estimate of drug-likeness (QED) is 0.805. The average Bonchev–Trinajstić information content (AvgIpc) is 2.81. The van der Waals surface area contributed by atoms with Crippen molar-refractivity contribution < 1.29 is 27.1 Å². The lowest BCUT2D eigenvalue weighted by Crippen LogP contribution is -2.16. The number of hydrogen-bond acceptors (Lipinski definition) is 4. The van der Waals surface area contributed by atoms with Gasteiger partial charge in [0, 0.05) is 12.0 Å². The zero-order valence-electron chi connectivity index (χ0n) is 10.4. The minimum absolute atomic E-state index is 0.183. The number of hydrogen-bond donors (Lipinski definition) is 0. The first kappa shape index (κ1) is 14.1. The van der Waals surface area contributed by atoms with Crippen molar-refractivity contribution in [2.75, 3.05) is 0 Å². The lowest BCUT2D eigenvalue weighted by atomic mass is 10.2. The summed E-state index contributed by atoms with van der Waals surface area (Å²) in [4.78, 5) is 14.8. The fourth-order valence-electron chi connectivity index (χ4n) is 1.63. The van der Waals surface area contributed by atoms with Gasteiger partial charge in [-0.2, -0.15) is 0 Å². The number of alkyl halides is 3. The Hall–Kier alpha value is -2.31. The molecule has 0 amide bonds. The summed E-state index contributed by atoms with van der Waals surface area (Å²) < 4.78 is 45.2. The van der Waals surface area contributed by atoms with Crippen molar-refractivity contribution in [1.29, 1.82) is 0 Å². The Balaban J connectivity index is 2.26. The molecule has 0 saturated carbocycles. The van der Waals surface area contributed by atoms with E-state index in [0.29, 0.717) is 24.0 Å². The van der Waals surface area contributed by atoms with Crippen molar-refractivity contribution in [2.24, 2.45) is 0 Å². The Bertz CT molecular complexity index is 602. The second-order valence-corrected chi connectivity index (χ2v) is 3.87. The average molecular weight is 285 g/mol. The minimum Gasteiger partial charge on any atom is -0.440 e. The highest BCUT2D eigenvalue weighted by Gasteiger charge is 2.31. The lowest BCUT2D eigenvalue weighted by molar-refractivity contribution is -0.274. The molecule has 0 fully saturated rings. The van der Waals surface area contributed by atoms with Gasteiger partial charge in [-0.05, 0) is 24.3 Å². The van der Waals surface area contributed by atoms with Crippen LogP contribution in [-0.2, 0) is 6.42 Å². The molecule has 0 unspecified atom stereocenters. The Morgan fingerprint density at radius 2 is 1.95 bits per heavy atom. The van der Waals surface area contributed by atoms with Crippen LogP contribution >= 0.6 is 0 Å². The first-order valence-electron chi connectivity index (χ1n) is 5.74. The summed E-state index contributed by atoms with van der Waals surface area (Å²) in [6.45, 7) is 1.80. The fraction of sp³-hybridized carbons (Fsp3) is 0.231. The molecule has 0 saturated heterocycles. The summed E-state index contributed by atoms with van der Waals surface area (Å²) in [5.74, 6) is 0.284.